The van der Waals surface area contributed by atoms with Gasteiger partial charge in [0.1, 0.15) is 11.4 Å². The van der Waals surface area contributed by atoms with Gasteiger partial charge in [-0.25, -0.2) is 4.90 Å². The van der Waals surface area contributed by atoms with Crippen LogP contribution in [0.4, 0.5) is 18.9 Å². The maximum Gasteiger partial charge on any atom is 0.418 e. The minimum atomic E-state index is -4.76. The van der Waals surface area contributed by atoms with E-state index >= 15 is 0 Å². The molecule has 3 heterocycles. The molecule has 3 aliphatic rings. The minimum Gasteiger partial charge on any atom is -0.482 e. The highest BCUT2D eigenvalue weighted by molar-refractivity contribution is 6.35. The molecule has 3 amide bonds. The SMILES string of the molecule is O=C(COc1ccc(Cl)cc1Cl)NC[C@@]12C=C[C@H](O1)[C@@H]1C(=O)N(c3ccccc3C(F)(F)F)C(=O)[C@H]12. The number of para-hydroxylation sites is 1. The van der Waals surface area contributed by atoms with Crippen molar-refractivity contribution in [2.24, 2.45) is 11.8 Å². The van der Waals surface area contributed by atoms with Crippen molar-refractivity contribution in [2.45, 2.75) is 17.9 Å². The molecule has 7 nitrogen and oxygen atoms in total. The standard InChI is InChI=1S/C24H17Cl2F3N2O5/c25-12-5-6-16(14(26)9-12)35-10-18(32)30-11-23-8-7-17(36-23)19-20(23)22(34)31(21(19)33)15-4-2-1-3-13(15)24(27,28)29/h1-9,17,19-20H,10-11H2,(H,30,32)/t17-,19-,20-,23+/m0/s1. The predicted molar refractivity (Wildman–Crippen MR) is 123 cm³/mol. The van der Waals surface area contributed by atoms with E-state index in [-0.39, 0.29) is 17.3 Å². The summed E-state index contributed by atoms with van der Waals surface area (Å²) in [6.07, 6.45) is -2.40. The van der Waals surface area contributed by atoms with Gasteiger partial charge in [0.2, 0.25) is 11.8 Å². The van der Waals surface area contributed by atoms with Gasteiger partial charge in [0.25, 0.3) is 5.91 Å². The highest BCUT2D eigenvalue weighted by Crippen LogP contribution is 2.53. The van der Waals surface area contributed by atoms with Gasteiger partial charge in [0.15, 0.2) is 6.61 Å². The van der Waals surface area contributed by atoms with Crippen molar-refractivity contribution in [1.82, 2.24) is 5.32 Å². The van der Waals surface area contributed by atoms with Crippen LogP contribution in [0.15, 0.2) is 54.6 Å². The molecule has 0 spiro atoms. The summed E-state index contributed by atoms with van der Waals surface area (Å²) in [4.78, 5) is 39.5. The predicted octanol–water partition coefficient (Wildman–Crippen LogP) is 4.02. The van der Waals surface area contributed by atoms with Gasteiger partial charge < -0.3 is 14.8 Å². The zero-order chi connectivity index (χ0) is 25.8. The maximum absolute atomic E-state index is 13.6. The molecule has 0 saturated carbocycles. The number of ether oxygens (including phenoxy) is 2. The van der Waals surface area contributed by atoms with Gasteiger partial charge in [-0.1, -0.05) is 47.5 Å². The van der Waals surface area contributed by atoms with E-state index in [1.165, 1.54) is 24.3 Å². The molecule has 2 saturated heterocycles. The number of hydrogen-bond donors (Lipinski definition) is 1. The third-order valence-corrected chi connectivity index (χ3v) is 6.95. The van der Waals surface area contributed by atoms with Crippen molar-refractivity contribution >= 4 is 46.6 Å². The van der Waals surface area contributed by atoms with Crippen LogP contribution in [0.2, 0.25) is 10.0 Å². The summed E-state index contributed by atoms with van der Waals surface area (Å²) >= 11 is 11.9. The van der Waals surface area contributed by atoms with Crippen LogP contribution in [0, 0.1) is 11.8 Å². The van der Waals surface area contributed by atoms with Crippen molar-refractivity contribution in [3.05, 3.63) is 70.2 Å². The number of amides is 3. The zero-order valence-corrected chi connectivity index (χ0v) is 19.7. The maximum atomic E-state index is 13.6. The van der Waals surface area contributed by atoms with Crippen molar-refractivity contribution in [3.8, 4) is 5.75 Å². The van der Waals surface area contributed by atoms with Crippen LogP contribution in [0.3, 0.4) is 0 Å². The monoisotopic (exact) mass is 540 g/mol. The largest absolute Gasteiger partial charge is 0.482 e. The van der Waals surface area contributed by atoms with Crippen LogP contribution in [0.1, 0.15) is 5.56 Å². The summed E-state index contributed by atoms with van der Waals surface area (Å²) in [7, 11) is 0. The second-order valence-corrected chi connectivity index (χ2v) is 9.41. The van der Waals surface area contributed by atoms with Gasteiger partial charge in [0.05, 0.1) is 40.8 Å². The van der Waals surface area contributed by atoms with Gasteiger partial charge >= 0.3 is 6.18 Å². The first-order chi connectivity index (χ1) is 17.0. The lowest BCUT2D eigenvalue weighted by molar-refractivity contribution is -0.137. The number of nitrogens with zero attached hydrogens (tertiary/aromatic N) is 1. The number of carbonyl (C=O) groups is 3. The zero-order valence-electron chi connectivity index (χ0n) is 18.2. The smallest absolute Gasteiger partial charge is 0.418 e. The van der Waals surface area contributed by atoms with Gasteiger partial charge in [0, 0.05) is 5.02 Å². The van der Waals surface area contributed by atoms with E-state index in [0.29, 0.717) is 9.92 Å². The summed E-state index contributed by atoms with van der Waals surface area (Å²) < 4.78 is 52.0. The fourth-order valence-corrected chi connectivity index (χ4v) is 5.34. The van der Waals surface area contributed by atoms with Gasteiger partial charge in [-0.2, -0.15) is 13.2 Å². The Morgan fingerprint density at radius 1 is 1.14 bits per heavy atom. The third kappa shape index (κ3) is 4.03. The minimum absolute atomic E-state index is 0.189. The van der Waals surface area contributed by atoms with Crippen molar-refractivity contribution in [1.29, 1.82) is 0 Å². The molecule has 4 atom stereocenters. The van der Waals surface area contributed by atoms with Gasteiger partial charge in [-0.3, -0.25) is 14.4 Å². The molecule has 12 heteroatoms. The van der Waals surface area contributed by atoms with Gasteiger partial charge in [-0.05, 0) is 30.3 Å². The molecule has 0 radical (unpaired) electrons. The number of hydrogen-bond acceptors (Lipinski definition) is 5. The molecular formula is C24H17Cl2F3N2O5. The average Bonchev–Trinajstić information content (AvgIpc) is 3.46. The first-order valence-electron chi connectivity index (χ1n) is 10.8. The highest BCUT2D eigenvalue weighted by atomic mass is 35.5. The Morgan fingerprint density at radius 3 is 2.61 bits per heavy atom. The normalized spacial score (nSPS) is 26.5. The topological polar surface area (TPSA) is 84.9 Å². The molecule has 5 rings (SSSR count). The van der Waals surface area contributed by atoms with E-state index in [2.05, 4.69) is 5.32 Å². The number of imide groups is 1. The highest BCUT2D eigenvalue weighted by Gasteiger charge is 2.68. The lowest BCUT2D eigenvalue weighted by Crippen LogP contribution is -2.49. The van der Waals surface area contributed by atoms with E-state index < -0.39 is 65.3 Å². The number of fused-ring (bicyclic) bond motifs is 5. The number of alkyl halides is 3. The Balaban J connectivity index is 1.32. The Labute approximate surface area is 212 Å². The lowest BCUT2D eigenvalue weighted by Gasteiger charge is -2.29. The number of rotatable bonds is 6. The molecular weight excluding hydrogens is 524 g/mol. The second kappa shape index (κ2) is 8.79. The molecule has 3 aliphatic heterocycles. The molecule has 2 bridgehead atoms. The molecule has 0 aliphatic carbocycles. The van der Waals surface area contributed by atoms with Crippen LogP contribution in [-0.4, -0.2) is 42.6 Å². The summed E-state index contributed by atoms with van der Waals surface area (Å²) in [6.45, 7) is -0.595. The Kier molecular flexibility index (Phi) is 6.01. The first-order valence-corrected chi connectivity index (χ1v) is 11.5. The Bertz CT molecular complexity index is 1300. The number of anilines is 1. The molecule has 1 N–H and O–H groups in total. The first kappa shape index (κ1) is 24.6. The van der Waals surface area contributed by atoms with Crippen molar-refractivity contribution in [2.75, 3.05) is 18.1 Å². The third-order valence-electron chi connectivity index (χ3n) is 6.42. The number of halogens is 5. The van der Waals surface area contributed by atoms with E-state index in [9.17, 15) is 27.6 Å². The van der Waals surface area contributed by atoms with Crippen molar-refractivity contribution in [3.63, 3.8) is 0 Å². The van der Waals surface area contributed by atoms with E-state index in [1.807, 2.05) is 0 Å². The number of benzene rings is 2. The van der Waals surface area contributed by atoms with E-state index in [0.717, 1.165) is 12.1 Å². The quantitative estimate of drug-likeness (QED) is 0.442. The molecule has 0 unspecified atom stereocenters. The van der Waals surface area contributed by atoms with Crippen LogP contribution in [-0.2, 0) is 25.3 Å². The fraction of sp³-hybridized carbons (Fsp3) is 0.292. The van der Waals surface area contributed by atoms with Crippen LogP contribution in [0.5, 0.6) is 5.75 Å². The van der Waals surface area contributed by atoms with Gasteiger partial charge in [-0.15, -0.1) is 0 Å². The fourth-order valence-electron chi connectivity index (χ4n) is 4.88. The second-order valence-electron chi connectivity index (χ2n) is 8.57. The number of carbonyl (C=O) groups excluding carboxylic acids is 3. The molecule has 2 aromatic carbocycles. The summed E-state index contributed by atoms with van der Waals surface area (Å²) in [6, 6.07) is 8.91. The summed E-state index contributed by atoms with van der Waals surface area (Å²) in [5.41, 5.74) is -2.99. The van der Waals surface area contributed by atoms with Crippen molar-refractivity contribution < 1.29 is 37.0 Å². The Hall–Kier alpha value is -3.08. The summed E-state index contributed by atoms with van der Waals surface area (Å²) in [5.74, 6) is -3.99. The summed E-state index contributed by atoms with van der Waals surface area (Å²) in [5, 5.41) is 3.22. The molecule has 36 heavy (non-hydrogen) atoms. The molecule has 2 fully saturated rings. The average molecular weight is 541 g/mol. The van der Waals surface area contributed by atoms with Crippen LogP contribution in [0.25, 0.3) is 0 Å². The Morgan fingerprint density at radius 2 is 1.89 bits per heavy atom. The van der Waals surface area contributed by atoms with E-state index in [4.69, 9.17) is 32.7 Å². The number of nitrogens with one attached hydrogen (secondary N) is 1. The van der Waals surface area contributed by atoms with E-state index in [1.54, 1.807) is 18.2 Å². The molecule has 2 aromatic rings. The van der Waals surface area contributed by atoms with Crippen LogP contribution >= 0.6 is 23.2 Å². The molecule has 0 aromatic heterocycles. The van der Waals surface area contributed by atoms with Crippen LogP contribution < -0.4 is 15.0 Å². The molecule has 188 valence electrons. The lowest BCUT2D eigenvalue weighted by atomic mass is 9.77.